The zero-order chi connectivity index (χ0) is 11.5. The molecule has 0 aliphatic carbocycles. The van der Waals surface area contributed by atoms with Crippen molar-refractivity contribution < 1.29 is 9.90 Å². The number of aromatic nitrogens is 3. The molecule has 1 N–H and O–H groups in total. The van der Waals surface area contributed by atoms with E-state index in [-0.39, 0.29) is 5.82 Å². The number of nitrogens with zero attached hydrogens (tertiary/aromatic N) is 3. The summed E-state index contributed by atoms with van der Waals surface area (Å²) in [4.78, 5) is 10.8. The first-order valence-corrected chi connectivity index (χ1v) is 4.84. The van der Waals surface area contributed by atoms with Crippen LogP contribution < -0.4 is 0 Å². The number of rotatable bonds is 3. The molecule has 0 saturated heterocycles. The summed E-state index contributed by atoms with van der Waals surface area (Å²) in [5, 5.41) is 16.0. The second-order valence-electron chi connectivity index (χ2n) is 3.51. The molecule has 5 nitrogen and oxygen atoms in total. The van der Waals surface area contributed by atoms with Crippen molar-refractivity contribution in [1.82, 2.24) is 14.8 Å². The van der Waals surface area contributed by atoms with E-state index in [1.54, 1.807) is 0 Å². The summed E-state index contributed by atoms with van der Waals surface area (Å²) < 4.78 is 1.52. The monoisotopic (exact) mass is 217 g/mol. The van der Waals surface area contributed by atoms with E-state index in [4.69, 9.17) is 5.11 Å². The highest BCUT2D eigenvalue weighted by molar-refractivity contribution is 5.83. The van der Waals surface area contributed by atoms with Gasteiger partial charge in [-0.05, 0) is 18.1 Å². The number of hydrogen-bond acceptors (Lipinski definition) is 3. The minimum Gasteiger partial charge on any atom is -0.475 e. The molecule has 0 radical (unpaired) electrons. The van der Waals surface area contributed by atoms with Crippen LogP contribution in [-0.4, -0.2) is 25.8 Å². The predicted octanol–water partition coefficient (Wildman–Crippen LogP) is 1.33. The molecule has 0 aliphatic heterocycles. The summed E-state index contributed by atoms with van der Waals surface area (Å²) >= 11 is 0. The van der Waals surface area contributed by atoms with E-state index < -0.39 is 5.97 Å². The number of aryl methyl sites for hydroxylation is 1. The SMILES string of the molecule is Cc1ccccc1Cn1cnnc1C(=O)O. The molecule has 0 spiro atoms. The van der Waals surface area contributed by atoms with Crippen molar-refractivity contribution in [2.24, 2.45) is 0 Å². The number of carbonyl (C=O) groups is 1. The predicted molar refractivity (Wildman–Crippen MR) is 57.3 cm³/mol. The Hall–Kier alpha value is -2.17. The van der Waals surface area contributed by atoms with Crippen LogP contribution in [0.1, 0.15) is 21.7 Å². The van der Waals surface area contributed by atoms with Gasteiger partial charge in [-0.1, -0.05) is 24.3 Å². The summed E-state index contributed by atoms with van der Waals surface area (Å²) in [6, 6.07) is 7.82. The highest BCUT2D eigenvalue weighted by atomic mass is 16.4. The Morgan fingerprint density at radius 2 is 2.19 bits per heavy atom. The zero-order valence-electron chi connectivity index (χ0n) is 8.79. The smallest absolute Gasteiger partial charge is 0.374 e. The van der Waals surface area contributed by atoms with Gasteiger partial charge in [0.1, 0.15) is 6.33 Å². The van der Waals surface area contributed by atoms with Gasteiger partial charge in [-0.3, -0.25) is 0 Å². The minimum absolute atomic E-state index is 0.0387. The molecule has 1 aromatic carbocycles. The Bertz CT molecular complexity index is 519. The maximum Gasteiger partial charge on any atom is 0.374 e. The molecular weight excluding hydrogens is 206 g/mol. The Labute approximate surface area is 92.4 Å². The van der Waals surface area contributed by atoms with E-state index in [1.165, 1.54) is 10.9 Å². The summed E-state index contributed by atoms with van der Waals surface area (Å²) in [5.74, 6) is -1.10. The number of carboxylic acids is 1. The molecule has 0 amide bonds. The van der Waals surface area contributed by atoms with Crippen molar-refractivity contribution in [2.45, 2.75) is 13.5 Å². The number of aromatic carboxylic acids is 1. The van der Waals surface area contributed by atoms with Crippen molar-refractivity contribution in [2.75, 3.05) is 0 Å². The molecule has 0 saturated carbocycles. The lowest BCUT2D eigenvalue weighted by Gasteiger charge is -2.06. The first-order chi connectivity index (χ1) is 7.68. The van der Waals surface area contributed by atoms with Crippen LogP contribution in [0, 0.1) is 6.92 Å². The van der Waals surface area contributed by atoms with Crippen LogP contribution in [0.5, 0.6) is 0 Å². The van der Waals surface area contributed by atoms with E-state index in [0.717, 1.165) is 11.1 Å². The third kappa shape index (κ3) is 1.93. The van der Waals surface area contributed by atoms with Crippen LogP contribution in [0.15, 0.2) is 30.6 Å². The van der Waals surface area contributed by atoms with Gasteiger partial charge < -0.3 is 9.67 Å². The minimum atomic E-state index is -1.06. The van der Waals surface area contributed by atoms with Gasteiger partial charge in [-0.25, -0.2) is 4.79 Å². The molecule has 82 valence electrons. The molecule has 0 fully saturated rings. The fourth-order valence-electron chi connectivity index (χ4n) is 1.51. The maximum atomic E-state index is 10.8. The van der Waals surface area contributed by atoms with Crippen molar-refractivity contribution in [3.8, 4) is 0 Å². The molecule has 1 heterocycles. The van der Waals surface area contributed by atoms with E-state index in [0.29, 0.717) is 6.54 Å². The molecule has 5 heteroatoms. The van der Waals surface area contributed by atoms with Gasteiger partial charge in [0.2, 0.25) is 5.82 Å². The third-order valence-corrected chi connectivity index (χ3v) is 2.41. The quantitative estimate of drug-likeness (QED) is 0.842. The van der Waals surface area contributed by atoms with Crippen molar-refractivity contribution in [3.05, 3.63) is 47.5 Å². The summed E-state index contributed by atoms with van der Waals surface area (Å²) in [6.45, 7) is 2.46. The highest BCUT2D eigenvalue weighted by Crippen LogP contribution is 2.09. The maximum absolute atomic E-state index is 10.8. The second kappa shape index (κ2) is 4.14. The van der Waals surface area contributed by atoms with Gasteiger partial charge in [-0.15, -0.1) is 10.2 Å². The van der Waals surface area contributed by atoms with E-state index in [9.17, 15) is 4.79 Å². The van der Waals surface area contributed by atoms with Crippen LogP contribution in [0.3, 0.4) is 0 Å². The lowest BCUT2D eigenvalue weighted by Crippen LogP contribution is -2.10. The molecule has 0 unspecified atom stereocenters. The van der Waals surface area contributed by atoms with Crippen molar-refractivity contribution >= 4 is 5.97 Å². The summed E-state index contributed by atoms with van der Waals surface area (Å²) in [7, 11) is 0. The highest BCUT2D eigenvalue weighted by Gasteiger charge is 2.12. The molecule has 2 aromatic rings. The molecule has 2 rings (SSSR count). The van der Waals surface area contributed by atoms with Gasteiger partial charge in [-0.2, -0.15) is 0 Å². The van der Waals surface area contributed by atoms with Crippen LogP contribution in [-0.2, 0) is 6.54 Å². The van der Waals surface area contributed by atoms with E-state index in [2.05, 4.69) is 10.2 Å². The Kier molecular flexibility index (Phi) is 2.68. The molecular formula is C11H11N3O2. The number of carboxylic acid groups (broad SMARTS) is 1. The van der Waals surface area contributed by atoms with E-state index >= 15 is 0 Å². The zero-order valence-corrected chi connectivity index (χ0v) is 8.79. The fraction of sp³-hybridized carbons (Fsp3) is 0.182. The normalized spacial score (nSPS) is 10.3. The van der Waals surface area contributed by atoms with Crippen molar-refractivity contribution in [1.29, 1.82) is 0 Å². The van der Waals surface area contributed by atoms with Gasteiger partial charge in [0, 0.05) is 0 Å². The average molecular weight is 217 g/mol. The molecule has 0 atom stereocenters. The Balaban J connectivity index is 2.31. The molecule has 16 heavy (non-hydrogen) atoms. The standard InChI is InChI=1S/C11H11N3O2/c1-8-4-2-3-5-9(8)6-14-7-12-13-10(14)11(15)16/h2-5,7H,6H2,1H3,(H,15,16). The largest absolute Gasteiger partial charge is 0.475 e. The molecule has 1 aromatic heterocycles. The van der Waals surface area contributed by atoms with Crippen LogP contribution >= 0.6 is 0 Å². The molecule has 0 aliphatic rings. The van der Waals surface area contributed by atoms with Crippen LogP contribution in [0.4, 0.5) is 0 Å². The average Bonchev–Trinajstić information content (AvgIpc) is 2.69. The van der Waals surface area contributed by atoms with Crippen molar-refractivity contribution in [3.63, 3.8) is 0 Å². The lowest BCUT2D eigenvalue weighted by atomic mass is 10.1. The van der Waals surface area contributed by atoms with Gasteiger partial charge >= 0.3 is 5.97 Å². The Morgan fingerprint density at radius 3 is 2.88 bits per heavy atom. The summed E-state index contributed by atoms with van der Waals surface area (Å²) in [6.07, 6.45) is 1.43. The lowest BCUT2D eigenvalue weighted by molar-refractivity contribution is 0.0678. The van der Waals surface area contributed by atoms with Crippen LogP contribution in [0.25, 0.3) is 0 Å². The number of benzene rings is 1. The topological polar surface area (TPSA) is 68.0 Å². The number of hydrogen-bond donors (Lipinski definition) is 1. The third-order valence-electron chi connectivity index (χ3n) is 2.41. The van der Waals surface area contributed by atoms with Gasteiger partial charge in [0.15, 0.2) is 0 Å². The first-order valence-electron chi connectivity index (χ1n) is 4.84. The van der Waals surface area contributed by atoms with Crippen LogP contribution in [0.2, 0.25) is 0 Å². The second-order valence-corrected chi connectivity index (χ2v) is 3.51. The van der Waals surface area contributed by atoms with Gasteiger partial charge in [0.25, 0.3) is 0 Å². The van der Waals surface area contributed by atoms with Gasteiger partial charge in [0.05, 0.1) is 6.54 Å². The molecule has 0 bridgehead atoms. The Morgan fingerprint density at radius 1 is 1.44 bits per heavy atom. The fourth-order valence-corrected chi connectivity index (χ4v) is 1.51. The van der Waals surface area contributed by atoms with E-state index in [1.807, 2.05) is 31.2 Å². The summed E-state index contributed by atoms with van der Waals surface area (Å²) in [5.41, 5.74) is 2.18. The first kappa shape index (κ1) is 10.4.